The predicted molar refractivity (Wildman–Crippen MR) is 57.5 cm³/mol. The number of carbonyl (C=O) groups excluding carboxylic acids is 1. The summed E-state index contributed by atoms with van der Waals surface area (Å²) in [5, 5.41) is 8.78. The highest BCUT2D eigenvalue weighted by Gasteiger charge is 2.18. The number of rotatable bonds is 2. The fourth-order valence-corrected chi connectivity index (χ4v) is 1.48. The van der Waals surface area contributed by atoms with Crippen LogP contribution in [0.15, 0.2) is 18.2 Å². The van der Waals surface area contributed by atoms with Crippen LogP contribution in [-0.2, 0) is 5.41 Å². The topological polar surface area (TPSA) is 54.4 Å². The van der Waals surface area contributed by atoms with E-state index < -0.39 is 5.97 Å². The Morgan fingerprint density at radius 3 is 2.33 bits per heavy atom. The zero-order valence-electron chi connectivity index (χ0n) is 9.07. The van der Waals surface area contributed by atoms with Crippen LogP contribution in [-0.4, -0.2) is 17.4 Å². The number of benzene rings is 1. The number of carboxylic acid groups (broad SMARTS) is 1. The Hall–Kier alpha value is -1.64. The van der Waals surface area contributed by atoms with Gasteiger partial charge in [0.1, 0.15) is 6.29 Å². The molecular weight excluding hydrogens is 192 g/mol. The van der Waals surface area contributed by atoms with Crippen molar-refractivity contribution in [2.75, 3.05) is 0 Å². The lowest BCUT2D eigenvalue weighted by atomic mass is 9.83. The monoisotopic (exact) mass is 206 g/mol. The summed E-state index contributed by atoms with van der Waals surface area (Å²) >= 11 is 0. The summed E-state index contributed by atoms with van der Waals surface area (Å²) in [6, 6.07) is 4.64. The average Bonchev–Trinajstić information content (AvgIpc) is 2.15. The van der Waals surface area contributed by atoms with Gasteiger partial charge in [0.15, 0.2) is 0 Å². The first-order valence-electron chi connectivity index (χ1n) is 4.69. The summed E-state index contributed by atoms with van der Waals surface area (Å²) < 4.78 is 0. The highest BCUT2D eigenvalue weighted by atomic mass is 16.4. The summed E-state index contributed by atoms with van der Waals surface area (Å²) in [6.07, 6.45) is 0.701. The van der Waals surface area contributed by atoms with Crippen molar-refractivity contribution in [2.24, 2.45) is 0 Å². The SMILES string of the molecule is CC(C)(C)c1ccc(C(=O)O)cc1C=O. The highest BCUT2D eigenvalue weighted by molar-refractivity contribution is 5.91. The van der Waals surface area contributed by atoms with E-state index in [1.807, 2.05) is 20.8 Å². The normalized spacial score (nSPS) is 11.1. The van der Waals surface area contributed by atoms with E-state index in [1.165, 1.54) is 12.1 Å². The minimum Gasteiger partial charge on any atom is -0.478 e. The highest BCUT2D eigenvalue weighted by Crippen LogP contribution is 2.25. The molecule has 0 saturated heterocycles. The lowest BCUT2D eigenvalue weighted by Gasteiger charge is -2.21. The molecule has 0 aliphatic carbocycles. The molecule has 0 fully saturated rings. The summed E-state index contributed by atoms with van der Waals surface area (Å²) in [7, 11) is 0. The van der Waals surface area contributed by atoms with E-state index in [4.69, 9.17) is 5.11 Å². The quantitative estimate of drug-likeness (QED) is 0.756. The number of aldehydes is 1. The maximum atomic E-state index is 10.9. The molecule has 15 heavy (non-hydrogen) atoms. The van der Waals surface area contributed by atoms with Gasteiger partial charge in [-0.2, -0.15) is 0 Å². The van der Waals surface area contributed by atoms with Crippen LogP contribution in [0.2, 0.25) is 0 Å². The Kier molecular flexibility index (Phi) is 2.93. The zero-order valence-corrected chi connectivity index (χ0v) is 9.07. The largest absolute Gasteiger partial charge is 0.478 e. The third-order valence-electron chi connectivity index (χ3n) is 2.23. The zero-order chi connectivity index (χ0) is 11.6. The molecule has 0 atom stereocenters. The van der Waals surface area contributed by atoms with Gasteiger partial charge in [0.2, 0.25) is 0 Å². The van der Waals surface area contributed by atoms with Crippen molar-refractivity contribution in [3.63, 3.8) is 0 Å². The van der Waals surface area contributed by atoms with Gasteiger partial charge >= 0.3 is 5.97 Å². The predicted octanol–water partition coefficient (Wildman–Crippen LogP) is 2.49. The van der Waals surface area contributed by atoms with E-state index in [0.717, 1.165) is 5.56 Å². The molecule has 0 aliphatic rings. The number of hydrogen-bond donors (Lipinski definition) is 1. The fourth-order valence-electron chi connectivity index (χ4n) is 1.48. The van der Waals surface area contributed by atoms with Crippen LogP contribution in [0, 0.1) is 0 Å². The summed E-state index contributed by atoms with van der Waals surface area (Å²) in [6.45, 7) is 5.95. The standard InChI is InChI=1S/C12H14O3/c1-12(2,3)10-5-4-8(11(14)15)6-9(10)7-13/h4-7H,1-3H3,(H,14,15). The smallest absolute Gasteiger partial charge is 0.335 e. The first kappa shape index (κ1) is 11.4. The van der Waals surface area contributed by atoms with Gasteiger partial charge in [0.05, 0.1) is 5.56 Å². The third-order valence-corrected chi connectivity index (χ3v) is 2.23. The molecule has 1 N–H and O–H groups in total. The summed E-state index contributed by atoms with van der Waals surface area (Å²) in [5.74, 6) is -1.02. The van der Waals surface area contributed by atoms with Gasteiger partial charge in [0.25, 0.3) is 0 Å². The molecule has 0 spiro atoms. The number of carboxylic acids is 1. The van der Waals surface area contributed by atoms with Crippen LogP contribution < -0.4 is 0 Å². The van der Waals surface area contributed by atoms with Crippen molar-refractivity contribution in [1.82, 2.24) is 0 Å². The molecule has 3 heteroatoms. The minimum absolute atomic E-state index is 0.144. The van der Waals surface area contributed by atoms with Crippen LogP contribution in [0.1, 0.15) is 47.1 Å². The number of aromatic carboxylic acids is 1. The number of carbonyl (C=O) groups is 2. The van der Waals surface area contributed by atoms with Crippen LogP contribution in [0.25, 0.3) is 0 Å². The van der Waals surface area contributed by atoms with Crippen molar-refractivity contribution >= 4 is 12.3 Å². The van der Waals surface area contributed by atoms with Crippen molar-refractivity contribution in [3.05, 3.63) is 34.9 Å². The van der Waals surface area contributed by atoms with Gasteiger partial charge in [-0.25, -0.2) is 4.79 Å². The van der Waals surface area contributed by atoms with Gasteiger partial charge < -0.3 is 5.11 Å². The molecule has 1 aromatic rings. The van der Waals surface area contributed by atoms with E-state index in [9.17, 15) is 9.59 Å². The second-order valence-corrected chi connectivity index (χ2v) is 4.48. The van der Waals surface area contributed by atoms with Gasteiger partial charge in [-0.05, 0) is 23.1 Å². The second-order valence-electron chi connectivity index (χ2n) is 4.48. The molecule has 0 aliphatic heterocycles. The lowest BCUT2D eigenvalue weighted by molar-refractivity contribution is 0.0697. The molecular formula is C12H14O3. The molecule has 0 radical (unpaired) electrons. The van der Waals surface area contributed by atoms with Gasteiger partial charge in [-0.15, -0.1) is 0 Å². The average molecular weight is 206 g/mol. The molecule has 3 nitrogen and oxygen atoms in total. The fraction of sp³-hybridized carbons (Fsp3) is 0.333. The van der Waals surface area contributed by atoms with Crippen LogP contribution in [0.5, 0.6) is 0 Å². The van der Waals surface area contributed by atoms with Crippen LogP contribution in [0.3, 0.4) is 0 Å². The Morgan fingerprint density at radius 1 is 1.33 bits per heavy atom. The molecule has 0 bridgehead atoms. The van der Waals surface area contributed by atoms with Crippen LogP contribution >= 0.6 is 0 Å². The molecule has 1 rings (SSSR count). The molecule has 80 valence electrons. The van der Waals surface area contributed by atoms with E-state index in [-0.39, 0.29) is 11.0 Å². The van der Waals surface area contributed by atoms with E-state index in [0.29, 0.717) is 11.8 Å². The Bertz CT molecular complexity index is 400. The molecule has 1 aromatic carbocycles. The van der Waals surface area contributed by atoms with Crippen molar-refractivity contribution < 1.29 is 14.7 Å². The van der Waals surface area contributed by atoms with Crippen molar-refractivity contribution in [3.8, 4) is 0 Å². The first-order chi connectivity index (χ1) is 6.86. The van der Waals surface area contributed by atoms with Gasteiger partial charge in [0, 0.05) is 5.56 Å². The Balaban J connectivity index is 3.33. The van der Waals surface area contributed by atoms with E-state index >= 15 is 0 Å². The summed E-state index contributed by atoms with van der Waals surface area (Å²) in [5.41, 5.74) is 1.29. The molecule has 0 heterocycles. The maximum Gasteiger partial charge on any atom is 0.335 e. The van der Waals surface area contributed by atoms with Gasteiger partial charge in [-0.3, -0.25) is 4.79 Å². The van der Waals surface area contributed by atoms with E-state index in [2.05, 4.69) is 0 Å². The third kappa shape index (κ3) is 2.43. The molecule has 0 unspecified atom stereocenters. The molecule has 0 saturated carbocycles. The van der Waals surface area contributed by atoms with E-state index in [1.54, 1.807) is 6.07 Å². The first-order valence-corrected chi connectivity index (χ1v) is 4.69. The molecule has 0 aromatic heterocycles. The van der Waals surface area contributed by atoms with Crippen molar-refractivity contribution in [2.45, 2.75) is 26.2 Å². The van der Waals surface area contributed by atoms with Crippen LogP contribution in [0.4, 0.5) is 0 Å². The lowest BCUT2D eigenvalue weighted by Crippen LogP contribution is -2.14. The minimum atomic E-state index is -1.02. The maximum absolute atomic E-state index is 10.9. The summed E-state index contributed by atoms with van der Waals surface area (Å²) in [4.78, 5) is 21.6. The molecule has 0 amide bonds. The van der Waals surface area contributed by atoms with Gasteiger partial charge in [-0.1, -0.05) is 26.8 Å². The van der Waals surface area contributed by atoms with Crippen molar-refractivity contribution in [1.29, 1.82) is 0 Å². The number of hydrogen-bond acceptors (Lipinski definition) is 2. The Morgan fingerprint density at radius 2 is 1.93 bits per heavy atom. The Labute approximate surface area is 88.7 Å². The second kappa shape index (κ2) is 3.85.